The lowest BCUT2D eigenvalue weighted by atomic mass is 9.94. The molecule has 1 aromatic carbocycles. The normalized spacial score (nSPS) is 15.2. The second-order valence-electron chi connectivity index (χ2n) is 5.74. The van der Waals surface area contributed by atoms with Crippen molar-refractivity contribution in [3.63, 3.8) is 0 Å². The third kappa shape index (κ3) is 2.56. The van der Waals surface area contributed by atoms with Gasteiger partial charge in [-0.2, -0.15) is 10.5 Å². The van der Waals surface area contributed by atoms with Crippen LogP contribution >= 0.6 is 11.3 Å². The third-order valence-corrected chi connectivity index (χ3v) is 5.18. The van der Waals surface area contributed by atoms with E-state index in [1.807, 2.05) is 11.4 Å². The summed E-state index contributed by atoms with van der Waals surface area (Å²) in [5, 5.41) is 26.1. The van der Waals surface area contributed by atoms with Crippen LogP contribution in [0.1, 0.15) is 22.7 Å². The minimum absolute atomic E-state index is 0.0336. The number of fused-ring (bicyclic) bond motifs is 2. The van der Waals surface area contributed by atoms with Crippen molar-refractivity contribution in [2.45, 2.75) is 6.04 Å². The molecule has 0 saturated heterocycles. The smallest absolute Gasteiger partial charge is 0.211 e. The van der Waals surface area contributed by atoms with Crippen molar-refractivity contribution < 1.29 is 4.39 Å². The van der Waals surface area contributed by atoms with Crippen molar-refractivity contribution >= 4 is 44.7 Å². The molecule has 1 aliphatic heterocycles. The van der Waals surface area contributed by atoms with E-state index >= 15 is 0 Å². The summed E-state index contributed by atoms with van der Waals surface area (Å²) in [6.45, 7) is 0. The second kappa shape index (κ2) is 6.12. The number of nitrogens with zero attached hydrogens (tertiary/aromatic N) is 4. The fourth-order valence-electron chi connectivity index (χ4n) is 3.08. The van der Waals surface area contributed by atoms with Gasteiger partial charge in [0.05, 0.1) is 5.69 Å². The van der Waals surface area contributed by atoms with Gasteiger partial charge in [-0.15, -0.1) is 11.3 Å². The van der Waals surface area contributed by atoms with Gasteiger partial charge in [-0.1, -0.05) is 0 Å². The molecule has 0 aliphatic carbocycles. The Hall–Kier alpha value is -3.89. The van der Waals surface area contributed by atoms with Crippen LogP contribution in [0.4, 0.5) is 21.7 Å². The molecule has 0 spiro atoms. The predicted molar refractivity (Wildman–Crippen MR) is 101 cm³/mol. The molecule has 4 rings (SSSR count). The van der Waals surface area contributed by atoms with E-state index in [0.717, 1.165) is 10.1 Å². The zero-order chi connectivity index (χ0) is 19.1. The number of anilines is 3. The largest absolute Gasteiger partial charge is 0.397 e. The Balaban J connectivity index is 2.04. The summed E-state index contributed by atoms with van der Waals surface area (Å²) in [4.78, 5) is 8.65. The molecule has 27 heavy (non-hydrogen) atoms. The number of hydrogen-bond acceptors (Lipinski definition) is 9. The number of nitrogen functional groups attached to an aromatic ring is 2. The summed E-state index contributed by atoms with van der Waals surface area (Å²) in [5.74, 6) is -0.0853. The Bertz CT molecular complexity index is 1200. The number of rotatable bonds is 1. The van der Waals surface area contributed by atoms with Gasteiger partial charge in [-0.05, 0) is 29.0 Å². The van der Waals surface area contributed by atoms with Gasteiger partial charge in [0.15, 0.2) is 6.19 Å². The van der Waals surface area contributed by atoms with Gasteiger partial charge < -0.3 is 16.8 Å². The van der Waals surface area contributed by atoms with Gasteiger partial charge in [-0.25, -0.2) is 14.4 Å². The van der Waals surface area contributed by atoms with E-state index in [1.165, 1.54) is 23.5 Å². The van der Waals surface area contributed by atoms with Gasteiger partial charge in [0.1, 0.15) is 35.1 Å². The standard InChI is InChI=1S/C17H11FN8S/c18-8-3-7-1-2-27-14(7)9(4-8)13-11-12(21)10(5-19)15(22)25-16(11)26-17(24-13)23-6-20/h1-4,13H,(H6,21,22,23,24,25,26). The number of halogens is 1. The molecule has 1 unspecified atom stereocenters. The zero-order valence-corrected chi connectivity index (χ0v) is 14.4. The summed E-state index contributed by atoms with van der Waals surface area (Å²) in [7, 11) is 0. The summed E-state index contributed by atoms with van der Waals surface area (Å²) >= 11 is 1.43. The molecule has 3 aromatic rings. The van der Waals surface area contributed by atoms with Gasteiger partial charge in [0.2, 0.25) is 5.96 Å². The summed E-state index contributed by atoms with van der Waals surface area (Å²) in [5.41, 5.74) is 13.1. The second-order valence-corrected chi connectivity index (χ2v) is 6.65. The van der Waals surface area contributed by atoms with Crippen LogP contribution in [0.15, 0.2) is 28.6 Å². The highest BCUT2D eigenvalue weighted by Crippen LogP contribution is 2.43. The molecule has 6 N–H and O–H groups in total. The van der Waals surface area contributed by atoms with Crippen LogP contribution in [-0.4, -0.2) is 10.9 Å². The fraction of sp³-hybridized carbons (Fsp3) is 0.0588. The molecule has 132 valence electrons. The first kappa shape index (κ1) is 16.6. The van der Waals surface area contributed by atoms with Crippen LogP contribution in [0.25, 0.3) is 10.1 Å². The SMILES string of the molecule is N#CNC1=NC(c2cc(F)cc3ccsc23)c2c(nc(N)c(C#N)c2N)N1. The van der Waals surface area contributed by atoms with E-state index in [2.05, 4.69) is 20.6 Å². The maximum atomic E-state index is 14.2. The highest BCUT2D eigenvalue weighted by Gasteiger charge is 2.31. The van der Waals surface area contributed by atoms with E-state index in [0.29, 0.717) is 11.1 Å². The van der Waals surface area contributed by atoms with E-state index in [1.54, 1.807) is 12.3 Å². The molecule has 1 aliphatic rings. The Morgan fingerprint density at radius 1 is 1.30 bits per heavy atom. The molecule has 0 amide bonds. The minimum atomic E-state index is -0.769. The summed E-state index contributed by atoms with van der Waals surface area (Å²) in [6, 6.07) is 5.77. The molecular formula is C17H11FN8S. The maximum absolute atomic E-state index is 14.2. The van der Waals surface area contributed by atoms with Crippen molar-refractivity contribution in [1.29, 1.82) is 10.5 Å². The van der Waals surface area contributed by atoms with E-state index < -0.39 is 11.9 Å². The number of nitrogens with two attached hydrogens (primary N) is 2. The Morgan fingerprint density at radius 2 is 2.11 bits per heavy atom. The molecule has 2 aromatic heterocycles. The van der Waals surface area contributed by atoms with Crippen LogP contribution < -0.4 is 22.1 Å². The minimum Gasteiger partial charge on any atom is -0.397 e. The summed E-state index contributed by atoms with van der Waals surface area (Å²) < 4.78 is 15.0. The number of aliphatic imine (C=N–C) groups is 1. The lowest BCUT2D eigenvalue weighted by Crippen LogP contribution is -2.32. The first-order valence-corrected chi connectivity index (χ1v) is 8.57. The first-order valence-electron chi connectivity index (χ1n) is 7.69. The fourth-order valence-corrected chi connectivity index (χ4v) is 4.00. The predicted octanol–water partition coefficient (Wildman–Crippen LogP) is 2.41. The zero-order valence-electron chi connectivity index (χ0n) is 13.6. The number of nitriles is 2. The Kier molecular flexibility index (Phi) is 3.76. The quantitative estimate of drug-likeness (QED) is 0.375. The lowest BCUT2D eigenvalue weighted by Gasteiger charge is -2.26. The topological polar surface area (TPSA) is 149 Å². The Labute approximate surface area is 156 Å². The molecule has 1 atom stereocenters. The van der Waals surface area contributed by atoms with Crippen LogP contribution in [0.3, 0.4) is 0 Å². The van der Waals surface area contributed by atoms with Gasteiger partial charge in [0.25, 0.3) is 0 Å². The number of thiophene rings is 1. The average Bonchev–Trinajstić information content (AvgIpc) is 3.09. The third-order valence-electron chi connectivity index (χ3n) is 4.20. The summed E-state index contributed by atoms with van der Waals surface area (Å²) in [6.07, 6.45) is 1.78. The average molecular weight is 378 g/mol. The molecule has 3 heterocycles. The monoisotopic (exact) mass is 378 g/mol. The first-order chi connectivity index (χ1) is 13.0. The number of benzene rings is 1. The number of guanidine groups is 1. The van der Waals surface area contributed by atoms with Crippen molar-refractivity contribution in [1.82, 2.24) is 10.3 Å². The van der Waals surface area contributed by atoms with Crippen molar-refractivity contribution in [2.24, 2.45) is 4.99 Å². The van der Waals surface area contributed by atoms with Crippen LogP contribution in [-0.2, 0) is 0 Å². The van der Waals surface area contributed by atoms with Crippen molar-refractivity contribution in [3.05, 3.63) is 46.1 Å². The van der Waals surface area contributed by atoms with Crippen molar-refractivity contribution in [3.8, 4) is 12.3 Å². The highest BCUT2D eigenvalue weighted by molar-refractivity contribution is 7.17. The number of nitrogens with one attached hydrogen (secondary N) is 2. The molecule has 0 saturated carbocycles. The molecule has 8 nitrogen and oxygen atoms in total. The molecule has 10 heteroatoms. The van der Waals surface area contributed by atoms with Gasteiger partial charge >= 0.3 is 0 Å². The number of aromatic nitrogens is 1. The Morgan fingerprint density at radius 3 is 2.85 bits per heavy atom. The molecule has 0 bridgehead atoms. The highest BCUT2D eigenvalue weighted by atomic mass is 32.1. The van der Waals surface area contributed by atoms with Crippen LogP contribution in [0.5, 0.6) is 0 Å². The van der Waals surface area contributed by atoms with E-state index in [-0.39, 0.29) is 28.8 Å². The lowest BCUT2D eigenvalue weighted by molar-refractivity contribution is 0.626. The van der Waals surface area contributed by atoms with E-state index in [4.69, 9.17) is 16.7 Å². The molecule has 0 radical (unpaired) electrons. The van der Waals surface area contributed by atoms with Crippen LogP contribution in [0, 0.1) is 28.6 Å². The maximum Gasteiger partial charge on any atom is 0.211 e. The van der Waals surface area contributed by atoms with Crippen molar-refractivity contribution in [2.75, 3.05) is 16.8 Å². The number of pyridine rings is 1. The molecular weight excluding hydrogens is 367 g/mol. The van der Waals surface area contributed by atoms with Crippen LogP contribution in [0.2, 0.25) is 0 Å². The van der Waals surface area contributed by atoms with Gasteiger partial charge in [0, 0.05) is 15.8 Å². The number of hydrogen-bond donors (Lipinski definition) is 4. The van der Waals surface area contributed by atoms with E-state index in [9.17, 15) is 9.65 Å². The van der Waals surface area contributed by atoms with Gasteiger partial charge in [-0.3, -0.25) is 5.32 Å². The molecule has 0 fully saturated rings.